The van der Waals surface area contributed by atoms with Crippen LogP contribution < -0.4 is 4.72 Å². The van der Waals surface area contributed by atoms with Gasteiger partial charge in [0.15, 0.2) is 0 Å². The van der Waals surface area contributed by atoms with E-state index in [2.05, 4.69) is 4.72 Å². The molecule has 0 amide bonds. The molecule has 0 aliphatic carbocycles. The van der Waals surface area contributed by atoms with Gasteiger partial charge in [-0.1, -0.05) is 6.92 Å². The quantitative estimate of drug-likeness (QED) is 0.650. The standard InChI is InChI=1S/C10H22ClNO3S/c1-4-10(5-6-11)12-16(13,14)8-7-15-9(2)3/h9-10,12H,4-8H2,1-3H3. The third-order valence-corrected chi connectivity index (χ3v) is 3.71. The van der Waals surface area contributed by atoms with Crippen molar-refractivity contribution < 1.29 is 13.2 Å². The maximum atomic E-state index is 11.6. The molecule has 1 atom stereocenters. The van der Waals surface area contributed by atoms with Gasteiger partial charge in [0.25, 0.3) is 0 Å². The van der Waals surface area contributed by atoms with Crippen LogP contribution in [0.5, 0.6) is 0 Å². The Labute approximate surface area is 104 Å². The number of alkyl halides is 1. The average Bonchev–Trinajstić information content (AvgIpc) is 2.15. The van der Waals surface area contributed by atoms with Crippen molar-refractivity contribution in [2.45, 2.75) is 45.8 Å². The van der Waals surface area contributed by atoms with E-state index in [4.69, 9.17) is 16.3 Å². The van der Waals surface area contributed by atoms with Crippen molar-refractivity contribution in [3.63, 3.8) is 0 Å². The van der Waals surface area contributed by atoms with Crippen LogP contribution in [0.4, 0.5) is 0 Å². The van der Waals surface area contributed by atoms with Gasteiger partial charge in [-0.05, 0) is 26.7 Å². The minimum atomic E-state index is -3.24. The van der Waals surface area contributed by atoms with Gasteiger partial charge in [0.05, 0.1) is 18.5 Å². The molecular formula is C10H22ClNO3S. The molecule has 6 heteroatoms. The molecule has 0 saturated heterocycles. The van der Waals surface area contributed by atoms with Crippen molar-refractivity contribution in [2.24, 2.45) is 0 Å². The maximum Gasteiger partial charge on any atom is 0.214 e. The van der Waals surface area contributed by atoms with Gasteiger partial charge >= 0.3 is 0 Å². The summed E-state index contributed by atoms with van der Waals surface area (Å²) < 4.78 is 31.1. The highest BCUT2D eigenvalue weighted by atomic mass is 35.5. The Bertz CT molecular complexity index is 267. The molecule has 0 aromatic rings. The molecule has 0 bridgehead atoms. The third-order valence-electron chi connectivity index (χ3n) is 2.10. The summed E-state index contributed by atoms with van der Waals surface area (Å²) in [5.74, 6) is 0.466. The number of ether oxygens (including phenoxy) is 1. The molecule has 4 nitrogen and oxygen atoms in total. The number of rotatable bonds is 9. The number of nitrogens with one attached hydrogen (secondary N) is 1. The van der Waals surface area contributed by atoms with Gasteiger partial charge in [-0.2, -0.15) is 0 Å². The molecule has 0 radical (unpaired) electrons. The van der Waals surface area contributed by atoms with Crippen LogP contribution >= 0.6 is 11.6 Å². The van der Waals surface area contributed by atoms with Crippen molar-refractivity contribution in [1.29, 1.82) is 0 Å². The van der Waals surface area contributed by atoms with Crippen molar-refractivity contribution >= 4 is 21.6 Å². The first-order valence-electron chi connectivity index (χ1n) is 5.58. The molecule has 0 saturated carbocycles. The van der Waals surface area contributed by atoms with Gasteiger partial charge in [-0.25, -0.2) is 13.1 Å². The van der Waals surface area contributed by atoms with Gasteiger partial charge in [0.2, 0.25) is 10.0 Å². The fourth-order valence-corrected chi connectivity index (χ4v) is 2.67. The van der Waals surface area contributed by atoms with Crippen LogP contribution in [0.25, 0.3) is 0 Å². The molecule has 0 aromatic carbocycles. The topological polar surface area (TPSA) is 55.4 Å². The summed E-state index contributed by atoms with van der Waals surface area (Å²) in [4.78, 5) is 0. The van der Waals surface area contributed by atoms with E-state index in [-0.39, 0.29) is 24.5 Å². The van der Waals surface area contributed by atoms with Gasteiger partial charge in [0, 0.05) is 11.9 Å². The van der Waals surface area contributed by atoms with E-state index in [1.807, 2.05) is 20.8 Å². The van der Waals surface area contributed by atoms with Crippen LogP contribution in [-0.2, 0) is 14.8 Å². The SMILES string of the molecule is CCC(CCCl)NS(=O)(=O)CCOC(C)C. The summed E-state index contributed by atoms with van der Waals surface area (Å²) in [5, 5.41) is 0. The third kappa shape index (κ3) is 8.33. The van der Waals surface area contributed by atoms with Crippen LogP contribution in [0.3, 0.4) is 0 Å². The highest BCUT2D eigenvalue weighted by Gasteiger charge is 2.16. The Balaban J connectivity index is 4.02. The number of hydrogen-bond acceptors (Lipinski definition) is 3. The summed E-state index contributed by atoms with van der Waals surface area (Å²) in [7, 11) is -3.24. The van der Waals surface area contributed by atoms with E-state index in [1.54, 1.807) is 0 Å². The second-order valence-corrected chi connectivity index (χ2v) is 6.19. The predicted octanol–water partition coefficient (Wildman–Crippen LogP) is 1.74. The molecule has 98 valence electrons. The Kier molecular flexibility index (Phi) is 8.36. The van der Waals surface area contributed by atoms with Crippen LogP contribution in [0.15, 0.2) is 0 Å². The van der Waals surface area contributed by atoms with Gasteiger partial charge in [-0.3, -0.25) is 0 Å². The van der Waals surface area contributed by atoms with E-state index < -0.39 is 10.0 Å². The largest absolute Gasteiger partial charge is 0.378 e. The first-order chi connectivity index (χ1) is 7.41. The Morgan fingerprint density at radius 3 is 2.44 bits per heavy atom. The number of sulfonamides is 1. The maximum absolute atomic E-state index is 11.6. The smallest absolute Gasteiger partial charge is 0.214 e. The van der Waals surface area contributed by atoms with Crippen molar-refractivity contribution in [2.75, 3.05) is 18.2 Å². The lowest BCUT2D eigenvalue weighted by Crippen LogP contribution is -2.37. The summed E-state index contributed by atoms with van der Waals surface area (Å²) in [6.45, 7) is 5.92. The Morgan fingerprint density at radius 1 is 1.38 bits per heavy atom. The number of hydrogen-bond donors (Lipinski definition) is 1. The predicted molar refractivity (Wildman–Crippen MR) is 67.4 cm³/mol. The Hall–Kier alpha value is 0.160. The van der Waals surface area contributed by atoms with Gasteiger partial charge in [-0.15, -0.1) is 11.6 Å². The van der Waals surface area contributed by atoms with Crippen molar-refractivity contribution in [3.05, 3.63) is 0 Å². The molecule has 0 aromatic heterocycles. The van der Waals surface area contributed by atoms with E-state index in [0.717, 1.165) is 6.42 Å². The molecule has 0 aliphatic heterocycles. The lowest BCUT2D eigenvalue weighted by molar-refractivity contribution is 0.0911. The van der Waals surface area contributed by atoms with E-state index in [0.29, 0.717) is 12.3 Å². The second-order valence-electron chi connectivity index (χ2n) is 3.94. The molecule has 0 heterocycles. The normalized spacial score (nSPS) is 14.3. The fourth-order valence-electron chi connectivity index (χ4n) is 1.18. The monoisotopic (exact) mass is 271 g/mol. The van der Waals surface area contributed by atoms with E-state index >= 15 is 0 Å². The minimum absolute atomic E-state index is 0.00393. The van der Waals surface area contributed by atoms with E-state index in [9.17, 15) is 8.42 Å². The molecular weight excluding hydrogens is 250 g/mol. The number of halogens is 1. The summed E-state index contributed by atoms with van der Waals surface area (Å²) >= 11 is 5.59. The lowest BCUT2D eigenvalue weighted by atomic mass is 10.2. The van der Waals surface area contributed by atoms with Gasteiger partial charge < -0.3 is 4.74 Å². The van der Waals surface area contributed by atoms with Gasteiger partial charge in [0.1, 0.15) is 0 Å². The molecule has 1 unspecified atom stereocenters. The van der Waals surface area contributed by atoms with Crippen molar-refractivity contribution in [3.8, 4) is 0 Å². The summed E-state index contributed by atoms with van der Waals surface area (Å²) in [6, 6.07) is -0.0680. The van der Waals surface area contributed by atoms with Crippen LogP contribution in [-0.4, -0.2) is 38.8 Å². The second kappa shape index (κ2) is 8.28. The molecule has 0 fully saturated rings. The van der Waals surface area contributed by atoms with Crippen molar-refractivity contribution in [1.82, 2.24) is 4.72 Å². The van der Waals surface area contributed by atoms with E-state index in [1.165, 1.54) is 0 Å². The zero-order chi connectivity index (χ0) is 12.6. The van der Waals surface area contributed by atoms with Crippen LogP contribution in [0.2, 0.25) is 0 Å². The zero-order valence-electron chi connectivity index (χ0n) is 10.2. The highest BCUT2D eigenvalue weighted by molar-refractivity contribution is 7.89. The molecule has 0 aliphatic rings. The lowest BCUT2D eigenvalue weighted by Gasteiger charge is -2.16. The molecule has 0 spiro atoms. The molecule has 1 N–H and O–H groups in total. The zero-order valence-corrected chi connectivity index (χ0v) is 11.8. The summed E-state index contributed by atoms with van der Waals surface area (Å²) in [6.07, 6.45) is 1.46. The first-order valence-corrected chi connectivity index (χ1v) is 7.77. The van der Waals surface area contributed by atoms with Crippen LogP contribution in [0, 0.1) is 0 Å². The first kappa shape index (κ1) is 16.2. The Morgan fingerprint density at radius 2 is 2.00 bits per heavy atom. The minimum Gasteiger partial charge on any atom is -0.378 e. The summed E-state index contributed by atoms with van der Waals surface area (Å²) in [5.41, 5.74) is 0. The highest BCUT2D eigenvalue weighted by Crippen LogP contribution is 2.02. The molecule has 16 heavy (non-hydrogen) atoms. The average molecular weight is 272 g/mol. The van der Waals surface area contributed by atoms with Crippen LogP contribution in [0.1, 0.15) is 33.6 Å². The molecule has 0 rings (SSSR count). The fraction of sp³-hybridized carbons (Fsp3) is 1.00.